The van der Waals surface area contributed by atoms with Gasteiger partial charge in [0.2, 0.25) is 5.91 Å². The molecule has 0 atom stereocenters. The molecule has 1 fully saturated rings. The molecule has 0 aliphatic heterocycles. The molecule has 6 nitrogen and oxygen atoms in total. The summed E-state index contributed by atoms with van der Waals surface area (Å²) in [4.78, 5) is 25.1. The van der Waals surface area contributed by atoms with Gasteiger partial charge in [0.15, 0.2) is 0 Å². The van der Waals surface area contributed by atoms with E-state index in [1.807, 2.05) is 43.3 Å². The zero-order chi connectivity index (χ0) is 21.4. The predicted octanol–water partition coefficient (Wildman–Crippen LogP) is 4.39. The summed E-state index contributed by atoms with van der Waals surface area (Å²) in [6.07, 6.45) is 5.52. The second-order valence-electron chi connectivity index (χ2n) is 7.86. The second-order valence-corrected chi connectivity index (χ2v) is 7.86. The fourth-order valence-corrected chi connectivity index (χ4v) is 3.76. The Balaban J connectivity index is 1.62. The summed E-state index contributed by atoms with van der Waals surface area (Å²) in [6, 6.07) is 16.9. The fourth-order valence-electron chi connectivity index (χ4n) is 3.76. The number of anilines is 2. The summed E-state index contributed by atoms with van der Waals surface area (Å²) in [5.74, 6) is -0.424. The highest BCUT2D eigenvalue weighted by Crippen LogP contribution is 2.26. The molecular formula is C24H28N4O2. The maximum Gasteiger partial charge on any atom is 0.255 e. The van der Waals surface area contributed by atoms with E-state index in [2.05, 4.69) is 22.0 Å². The van der Waals surface area contributed by atoms with Crippen LogP contribution in [-0.4, -0.2) is 23.9 Å². The van der Waals surface area contributed by atoms with E-state index in [1.54, 1.807) is 12.1 Å². The van der Waals surface area contributed by atoms with Crippen molar-refractivity contribution >= 4 is 23.2 Å². The SMILES string of the molecule is Cc1ccc(C(=O)Nc2ccccc2)cc1NCC(=O)NC1(C#N)CCCCCC1. The van der Waals surface area contributed by atoms with Crippen molar-refractivity contribution in [1.29, 1.82) is 5.26 Å². The van der Waals surface area contributed by atoms with Gasteiger partial charge in [0.1, 0.15) is 5.54 Å². The number of para-hydroxylation sites is 1. The highest BCUT2D eigenvalue weighted by Gasteiger charge is 2.32. The van der Waals surface area contributed by atoms with Crippen molar-refractivity contribution in [2.75, 3.05) is 17.2 Å². The average Bonchev–Trinajstić information content (AvgIpc) is 3.00. The van der Waals surface area contributed by atoms with E-state index in [0.29, 0.717) is 18.4 Å². The van der Waals surface area contributed by atoms with Gasteiger partial charge in [0.05, 0.1) is 12.6 Å². The number of hydrogen-bond acceptors (Lipinski definition) is 4. The highest BCUT2D eigenvalue weighted by molar-refractivity contribution is 6.05. The molecule has 156 valence electrons. The van der Waals surface area contributed by atoms with Gasteiger partial charge in [-0.3, -0.25) is 9.59 Å². The van der Waals surface area contributed by atoms with Crippen molar-refractivity contribution in [2.24, 2.45) is 0 Å². The molecule has 3 N–H and O–H groups in total. The predicted molar refractivity (Wildman–Crippen MR) is 118 cm³/mol. The van der Waals surface area contributed by atoms with E-state index >= 15 is 0 Å². The summed E-state index contributed by atoms with van der Waals surface area (Å²) in [7, 11) is 0. The molecule has 0 aromatic heterocycles. The Kier molecular flexibility index (Phi) is 7.08. The van der Waals surface area contributed by atoms with Crippen LogP contribution < -0.4 is 16.0 Å². The number of carbonyl (C=O) groups excluding carboxylic acids is 2. The van der Waals surface area contributed by atoms with Crippen LogP contribution in [0.15, 0.2) is 48.5 Å². The fraction of sp³-hybridized carbons (Fsp3) is 0.375. The second kappa shape index (κ2) is 9.93. The molecule has 2 amide bonds. The van der Waals surface area contributed by atoms with Gasteiger partial charge >= 0.3 is 0 Å². The molecule has 0 unspecified atom stereocenters. The maximum absolute atomic E-state index is 12.5. The van der Waals surface area contributed by atoms with Crippen LogP contribution in [0.25, 0.3) is 0 Å². The summed E-state index contributed by atoms with van der Waals surface area (Å²) >= 11 is 0. The van der Waals surface area contributed by atoms with Crippen molar-refractivity contribution in [3.05, 3.63) is 59.7 Å². The first kappa shape index (κ1) is 21.4. The zero-order valence-corrected chi connectivity index (χ0v) is 17.3. The summed E-state index contributed by atoms with van der Waals surface area (Å²) < 4.78 is 0. The summed E-state index contributed by atoms with van der Waals surface area (Å²) in [6.45, 7) is 1.97. The standard InChI is InChI=1S/C24H28N4O2/c1-18-11-12-19(23(30)27-20-9-5-4-6-10-20)15-21(18)26-16-22(29)28-24(17-25)13-7-2-3-8-14-24/h4-6,9-12,15,26H,2-3,7-8,13-14,16H2,1H3,(H,27,30)(H,28,29). The third kappa shape index (κ3) is 5.60. The van der Waals surface area contributed by atoms with Crippen molar-refractivity contribution in [1.82, 2.24) is 5.32 Å². The molecule has 1 saturated carbocycles. The van der Waals surface area contributed by atoms with Gasteiger partial charge in [-0.2, -0.15) is 5.26 Å². The molecule has 0 radical (unpaired) electrons. The van der Waals surface area contributed by atoms with Gasteiger partial charge in [-0.25, -0.2) is 0 Å². The maximum atomic E-state index is 12.5. The molecule has 0 heterocycles. The number of nitrogens with one attached hydrogen (secondary N) is 3. The number of nitrogens with zero attached hydrogens (tertiary/aromatic N) is 1. The highest BCUT2D eigenvalue weighted by atomic mass is 16.2. The van der Waals surface area contributed by atoms with Crippen LogP contribution in [0.5, 0.6) is 0 Å². The smallest absolute Gasteiger partial charge is 0.255 e. The van der Waals surface area contributed by atoms with Gasteiger partial charge in [0, 0.05) is 16.9 Å². The summed E-state index contributed by atoms with van der Waals surface area (Å²) in [5.41, 5.74) is 2.12. The molecule has 0 bridgehead atoms. The molecular weight excluding hydrogens is 376 g/mol. The largest absolute Gasteiger partial charge is 0.376 e. The van der Waals surface area contributed by atoms with Gasteiger partial charge in [-0.05, 0) is 49.6 Å². The van der Waals surface area contributed by atoms with Crippen LogP contribution in [0.1, 0.15) is 54.4 Å². The van der Waals surface area contributed by atoms with Crippen LogP contribution in [0, 0.1) is 18.3 Å². The normalized spacial score (nSPS) is 15.3. The van der Waals surface area contributed by atoms with E-state index in [1.165, 1.54) is 0 Å². The van der Waals surface area contributed by atoms with E-state index in [0.717, 1.165) is 42.6 Å². The minimum absolute atomic E-state index is 0.0496. The average molecular weight is 405 g/mol. The van der Waals surface area contributed by atoms with Crippen LogP contribution in [0.2, 0.25) is 0 Å². The number of benzene rings is 2. The lowest BCUT2D eigenvalue weighted by molar-refractivity contribution is -0.120. The van der Waals surface area contributed by atoms with E-state index in [9.17, 15) is 14.9 Å². The third-order valence-corrected chi connectivity index (χ3v) is 5.52. The van der Waals surface area contributed by atoms with Crippen LogP contribution in [-0.2, 0) is 4.79 Å². The molecule has 0 spiro atoms. The topological polar surface area (TPSA) is 94.0 Å². The Bertz CT molecular complexity index is 926. The Morgan fingerprint density at radius 2 is 1.73 bits per heavy atom. The van der Waals surface area contributed by atoms with Crippen molar-refractivity contribution < 1.29 is 9.59 Å². The Hall–Kier alpha value is -3.33. The Morgan fingerprint density at radius 1 is 1.03 bits per heavy atom. The minimum Gasteiger partial charge on any atom is -0.376 e. The van der Waals surface area contributed by atoms with Gasteiger partial charge in [-0.1, -0.05) is 49.9 Å². The third-order valence-electron chi connectivity index (χ3n) is 5.52. The zero-order valence-electron chi connectivity index (χ0n) is 17.3. The van der Waals surface area contributed by atoms with Crippen molar-refractivity contribution in [2.45, 2.75) is 51.0 Å². The van der Waals surface area contributed by atoms with Crippen molar-refractivity contribution in [3.8, 4) is 6.07 Å². The molecule has 1 aliphatic rings. The molecule has 2 aromatic rings. The summed E-state index contributed by atoms with van der Waals surface area (Å²) in [5, 5.41) is 18.6. The number of carbonyl (C=O) groups is 2. The molecule has 1 aliphatic carbocycles. The lowest BCUT2D eigenvalue weighted by atomic mass is 9.92. The number of rotatable bonds is 6. The number of hydrogen-bond donors (Lipinski definition) is 3. The lowest BCUT2D eigenvalue weighted by Crippen LogP contribution is -2.49. The first-order valence-electron chi connectivity index (χ1n) is 10.4. The molecule has 2 aromatic carbocycles. The monoisotopic (exact) mass is 404 g/mol. The van der Waals surface area contributed by atoms with E-state index in [4.69, 9.17) is 0 Å². The molecule has 3 rings (SSSR count). The Labute approximate surface area is 177 Å². The molecule has 30 heavy (non-hydrogen) atoms. The van der Waals surface area contributed by atoms with Gasteiger partial charge in [0.25, 0.3) is 5.91 Å². The molecule has 0 saturated heterocycles. The Morgan fingerprint density at radius 3 is 2.40 bits per heavy atom. The first-order valence-corrected chi connectivity index (χ1v) is 10.4. The van der Waals surface area contributed by atoms with Gasteiger partial charge in [-0.15, -0.1) is 0 Å². The van der Waals surface area contributed by atoms with Crippen LogP contribution >= 0.6 is 0 Å². The van der Waals surface area contributed by atoms with Crippen LogP contribution in [0.3, 0.4) is 0 Å². The lowest BCUT2D eigenvalue weighted by Gasteiger charge is -2.26. The van der Waals surface area contributed by atoms with Crippen molar-refractivity contribution in [3.63, 3.8) is 0 Å². The molecule has 6 heteroatoms. The van der Waals surface area contributed by atoms with Gasteiger partial charge < -0.3 is 16.0 Å². The first-order chi connectivity index (χ1) is 14.5. The van der Waals surface area contributed by atoms with Crippen LogP contribution in [0.4, 0.5) is 11.4 Å². The number of amides is 2. The van der Waals surface area contributed by atoms with E-state index in [-0.39, 0.29) is 18.4 Å². The number of nitriles is 1. The quantitative estimate of drug-likeness (QED) is 0.622. The minimum atomic E-state index is -0.762. The number of aryl methyl sites for hydroxylation is 1. The van der Waals surface area contributed by atoms with E-state index < -0.39 is 5.54 Å².